The number of amides is 1. The molecule has 1 amide bonds. The molecule has 0 aromatic heterocycles. The van der Waals surface area contributed by atoms with Gasteiger partial charge in [-0.1, -0.05) is 0 Å². The van der Waals surface area contributed by atoms with Crippen molar-refractivity contribution in [1.29, 1.82) is 0 Å². The Morgan fingerprint density at radius 2 is 2.05 bits per heavy atom. The molecule has 116 valence electrons. The summed E-state index contributed by atoms with van der Waals surface area (Å²) in [6, 6.07) is 1.82. The van der Waals surface area contributed by atoms with Gasteiger partial charge >= 0.3 is 0 Å². The normalized spacial score (nSPS) is 11.2. The van der Waals surface area contributed by atoms with Gasteiger partial charge in [0.25, 0.3) is 11.6 Å². The van der Waals surface area contributed by atoms with Crippen LogP contribution in [0, 0.1) is 22.9 Å². The van der Waals surface area contributed by atoms with Crippen LogP contribution in [0.15, 0.2) is 12.1 Å². The number of nitrogens with one attached hydrogen (secondary N) is 2. The number of hydrogen-bond donors (Lipinski definition) is 2. The number of carbonyl (C=O) groups is 1. The van der Waals surface area contributed by atoms with Crippen molar-refractivity contribution >= 4 is 21.6 Å². The van der Waals surface area contributed by atoms with Gasteiger partial charge in [0, 0.05) is 18.7 Å². The third-order valence-electron chi connectivity index (χ3n) is 2.66. The molecule has 0 saturated heterocycles. The van der Waals surface area contributed by atoms with E-state index >= 15 is 0 Å². The van der Waals surface area contributed by atoms with E-state index in [0.29, 0.717) is 0 Å². The molecule has 1 aromatic rings. The summed E-state index contributed by atoms with van der Waals surface area (Å²) in [5.74, 6) is -2.18. The molecule has 0 spiro atoms. The van der Waals surface area contributed by atoms with Crippen LogP contribution in [0.2, 0.25) is 0 Å². The topological polar surface area (TPSA) is 118 Å². The predicted octanol–water partition coefficient (Wildman–Crippen LogP) is 0.321. The number of sulfonamides is 1. The smallest absolute Gasteiger partial charge is 0.270 e. The Kier molecular flexibility index (Phi) is 5.33. The van der Waals surface area contributed by atoms with Gasteiger partial charge in [0.1, 0.15) is 5.82 Å². The summed E-state index contributed by atoms with van der Waals surface area (Å²) in [6.45, 7) is 1.05. The lowest BCUT2D eigenvalue weighted by Gasteiger charge is -2.08. The Balaban J connectivity index is 2.90. The Morgan fingerprint density at radius 3 is 2.57 bits per heavy atom. The van der Waals surface area contributed by atoms with Gasteiger partial charge in [-0.15, -0.1) is 0 Å². The molecule has 0 radical (unpaired) electrons. The van der Waals surface area contributed by atoms with Gasteiger partial charge in [0.15, 0.2) is 0 Å². The second kappa shape index (κ2) is 6.59. The van der Waals surface area contributed by atoms with Crippen LogP contribution in [0.1, 0.15) is 15.9 Å². The molecule has 0 bridgehead atoms. The number of benzene rings is 1. The number of carbonyl (C=O) groups excluding carboxylic acids is 1. The Hall–Kier alpha value is -2.07. The zero-order valence-corrected chi connectivity index (χ0v) is 12.2. The number of rotatable bonds is 6. The van der Waals surface area contributed by atoms with Gasteiger partial charge in [0.05, 0.1) is 16.2 Å². The highest BCUT2D eigenvalue weighted by molar-refractivity contribution is 7.89. The van der Waals surface area contributed by atoms with Crippen LogP contribution < -0.4 is 10.0 Å². The highest BCUT2D eigenvalue weighted by Crippen LogP contribution is 2.20. The van der Waals surface area contributed by atoms with Crippen LogP contribution in [0.5, 0.6) is 0 Å². The number of nitro benzene ring substituents is 1. The lowest BCUT2D eigenvalue weighted by atomic mass is 10.1. The van der Waals surface area contributed by atoms with Crippen molar-refractivity contribution < 1.29 is 22.5 Å². The van der Waals surface area contributed by atoms with Crippen molar-refractivity contribution in [2.75, 3.05) is 19.3 Å². The van der Waals surface area contributed by atoms with Crippen LogP contribution in [0.4, 0.5) is 10.1 Å². The largest absolute Gasteiger partial charge is 0.351 e. The molecule has 1 rings (SSSR count). The summed E-state index contributed by atoms with van der Waals surface area (Å²) in [5, 5.41) is 12.9. The summed E-state index contributed by atoms with van der Waals surface area (Å²) in [6.07, 6.45) is 0. The molecule has 8 nitrogen and oxygen atoms in total. The van der Waals surface area contributed by atoms with Crippen molar-refractivity contribution in [2.24, 2.45) is 0 Å². The summed E-state index contributed by atoms with van der Waals surface area (Å²) in [4.78, 5) is 21.7. The monoisotopic (exact) mass is 319 g/mol. The Morgan fingerprint density at radius 1 is 1.43 bits per heavy atom. The summed E-state index contributed by atoms with van der Waals surface area (Å²) >= 11 is 0. The highest BCUT2D eigenvalue weighted by Gasteiger charge is 2.20. The lowest BCUT2D eigenvalue weighted by molar-refractivity contribution is -0.385. The van der Waals surface area contributed by atoms with Crippen LogP contribution in [-0.2, 0) is 10.0 Å². The number of halogens is 1. The van der Waals surface area contributed by atoms with Gasteiger partial charge in [-0.3, -0.25) is 14.9 Å². The molecule has 0 aliphatic carbocycles. The molecule has 0 heterocycles. The fourth-order valence-corrected chi connectivity index (χ4v) is 2.09. The number of aryl methyl sites for hydroxylation is 1. The molecule has 10 heteroatoms. The first-order valence-corrected chi connectivity index (χ1v) is 7.47. The van der Waals surface area contributed by atoms with Crippen LogP contribution >= 0.6 is 0 Å². The fraction of sp³-hybridized carbons (Fsp3) is 0.364. The standard InChI is InChI=1S/C11H14FN3O5S/c1-7-5-8(15(17)18)6-9(10(7)12)11(16)14-3-4-21(19,20)13-2/h5-6,13H,3-4H2,1-2H3,(H,14,16). The predicted molar refractivity (Wildman–Crippen MR) is 73.0 cm³/mol. The van der Waals surface area contributed by atoms with Gasteiger partial charge < -0.3 is 5.32 Å². The maximum Gasteiger partial charge on any atom is 0.270 e. The van der Waals surface area contributed by atoms with E-state index in [4.69, 9.17) is 0 Å². The van der Waals surface area contributed by atoms with Crippen molar-refractivity contribution in [1.82, 2.24) is 10.0 Å². The minimum atomic E-state index is -3.50. The number of nitrogens with zero attached hydrogens (tertiary/aromatic N) is 1. The van der Waals surface area contributed by atoms with E-state index in [1.807, 2.05) is 0 Å². The minimum absolute atomic E-state index is 0.0443. The zero-order valence-electron chi connectivity index (χ0n) is 11.3. The van der Waals surface area contributed by atoms with E-state index in [0.717, 1.165) is 12.1 Å². The van der Waals surface area contributed by atoms with E-state index in [2.05, 4.69) is 10.0 Å². The molecule has 2 N–H and O–H groups in total. The Labute approximate surface area is 120 Å². The summed E-state index contributed by atoms with van der Waals surface area (Å²) in [7, 11) is -2.28. The summed E-state index contributed by atoms with van der Waals surface area (Å²) < 4.78 is 38.2. The van der Waals surface area contributed by atoms with Crippen molar-refractivity contribution in [3.8, 4) is 0 Å². The molecule has 21 heavy (non-hydrogen) atoms. The van der Waals surface area contributed by atoms with Crippen LogP contribution in [-0.4, -0.2) is 38.6 Å². The van der Waals surface area contributed by atoms with Crippen LogP contribution in [0.3, 0.4) is 0 Å². The average molecular weight is 319 g/mol. The minimum Gasteiger partial charge on any atom is -0.351 e. The highest BCUT2D eigenvalue weighted by atomic mass is 32.2. The van der Waals surface area contributed by atoms with E-state index in [1.54, 1.807) is 0 Å². The molecule has 0 atom stereocenters. The molecule has 0 aliphatic heterocycles. The molecule has 0 saturated carbocycles. The molecule has 0 fully saturated rings. The Bertz CT molecular complexity index is 675. The number of nitro groups is 1. The van der Waals surface area contributed by atoms with Gasteiger partial charge in [-0.2, -0.15) is 0 Å². The molecule has 0 unspecified atom stereocenters. The van der Waals surface area contributed by atoms with Gasteiger partial charge in [-0.25, -0.2) is 17.5 Å². The second-order valence-corrected chi connectivity index (χ2v) is 6.21. The maximum atomic E-state index is 13.8. The third-order valence-corrected chi connectivity index (χ3v) is 4.03. The third kappa shape index (κ3) is 4.46. The molecule has 0 aliphatic rings. The summed E-state index contributed by atoms with van der Waals surface area (Å²) in [5.41, 5.74) is -0.956. The van der Waals surface area contributed by atoms with E-state index in [9.17, 15) is 27.7 Å². The number of non-ortho nitro benzene ring substituents is 1. The first-order valence-electron chi connectivity index (χ1n) is 5.82. The first kappa shape index (κ1) is 17.0. The van der Waals surface area contributed by atoms with E-state index in [-0.39, 0.29) is 17.9 Å². The van der Waals surface area contributed by atoms with Gasteiger partial charge in [-0.05, 0) is 19.5 Å². The quantitative estimate of drug-likeness (QED) is 0.578. The lowest BCUT2D eigenvalue weighted by Crippen LogP contribution is -2.33. The molecular weight excluding hydrogens is 305 g/mol. The van der Waals surface area contributed by atoms with Gasteiger partial charge in [0.2, 0.25) is 10.0 Å². The first-order chi connectivity index (χ1) is 9.68. The van der Waals surface area contributed by atoms with Crippen molar-refractivity contribution in [3.05, 3.63) is 39.2 Å². The van der Waals surface area contributed by atoms with Crippen molar-refractivity contribution in [3.63, 3.8) is 0 Å². The second-order valence-electron chi connectivity index (χ2n) is 4.16. The number of hydrogen-bond acceptors (Lipinski definition) is 5. The van der Waals surface area contributed by atoms with Crippen molar-refractivity contribution in [2.45, 2.75) is 6.92 Å². The van der Waals surface area contributed by atoms with E-state index < -0.39 is 37.9 Å². The maximum absolute atomic E-state index is 13.8. The SMILES string of the molecule is CNS(=O)(=O)CCNC(=O)c1cc([N+](=O)[O-])cc(C)c1F. The van der Waals surface area contributed by atoms with E-state index in [1.165, 1.54) is 14.0 Å². The fourth-order valence-electron chi connectivity index (χ4n) is 1.52. The average Bonchev–Trinajstić information content (AvgIpc) is 2.41. The zero-order chi connectivity index (χ0) is 16.2. The molecular formula is C11H14FN3O5S. The molecule has 1 aromatic carbocycles. The van der Waals surface area contributed by atoms with Crippen LogP contribution in [0.25, 0.3) is 0 Å².